The van der Waals surface area contributed by atoms with E-state index in [4.69, 9.17) is 0 Å². The van der Waals surface area contributed by atoms with Crippen LogP contribution in [-0.4, -0.2) is 58.9 Å². The van der Waals surface area contributed by atoms with E-state index in [0.717, 1.165) is 35.7 Å². The molecule has 0 saturated heterocycles. The van der Waals surface area contributed by atoms with Gasteiger partial charge in [-0.05, 0) is 61.8 Å². The summed E-state index contributed by atoms with van der Waals surface area (Å²) in [4.78, 5) is 10.7. The van der Waals surface area contributed by atoms with E-state index < -0.39 is 0 Å². The van der Waals surface area contributed by atoms with Gasteiger partial charge in [-0.1, -0.05) is 24.8 Å². The monoisotopic (exact) mass is 443 g/mol. The van der Waals surface area contributed by atoms with Gasteiger partial charge in [0.05, 0.1) is 6.20 Å². The van der Waals surface area contributed by atoms with Crippen LogP contribution < -0.4 is 10.6 Å². The predicted octanol–water partition coefficient (Wildman–Crippen LogP) is 4.68. The number of anilines is 2. The number of likely N-dealkylation sites (N-methyl/N-ethyl adjacent to an activating group) is 1. The van der Waals surface area contributed by atoms with E-state index in [2.05, 4.69) is 82.5 Å². The molecule has 0 saturated carbocycles. The average molecular weight is 444 g/mol. The van der Waals surface area contributed by atoms with Crippen molar-refractivity contribution in [2.75, 3.05) is 44.9 Å². The van der Waals surface area contributed by atoms with Gasteiger partial charge in [0.1, 0.15) is 11.6 Å². The predicted molar refractivity (Wildman–Crippen MR) is 140 cm³/mol. The highest BCUT2D eigenvalue weighted by atomic mass is 15.3. The zero-order valence-corrected chi connectivity index (χ0v) is 20.1. The maximum atomic E-state index is 4.32. The fraction of sp³-hybridized carbons (Fsp3) is 0.269. The second-order valence-electron chi connectivity index (χ2n) is 8.06. The molecule has 0 radical (unpaired) electrons. The second kappa shape index (κ2) is 11.2. The van der Waals surface area contributed by atoms with Gasteiger partial charge >= 0.3 is 0 Å². The third-order valence-electron chi connectivity index (χ3n) is 5.41. The van der Waals surface area contributed by atoms with Crippen molar-refractivity contribution in [2.45, 2.75) is 6.92 Å². The highest BCUT2D eigenvalue weighted by molar-refractivity contribution is 5.88. The molecule has 0 atom stereocenters. The zero-order valence-electron chi connectivity index (χ0n) is 20.1. The van der Waals surface area contributed by atoms with Crippen LogP contribution in [0.1, 0.15) is 11.3 Å². The largest absolute Gasteiger partial charge is 0.373 e. The van der Waals surface area contributed by atoms with Gasteiger partial charge in [0.2, 0.25) is 0 Å². The van der Waals surface area contributed by atoms with Crippen molar-refractivity contribution in [3.63, 3.8) is 0 Å². The van der Waals surface area contributed by atoms with E-state index in [9.17, 15) is 0 Å². The first-order valence-electron chi connectivity index (χ1n) is 10.9. The van der Waals surface area contributed by atoms with Crippen LogP contribution in [0.5, 0.6) is 0 Å². The first kappa shape index (κ1) is 23.9. The maximum absolute atomic E-state index is 4.32. The summed E-state index contributed by atoms with van der Waals surface area (Å²) in [5.74, 6) is 1.79. The number of pyridine rings is 2. The summed E-state index contributed by atoms with van der Waals surface area (Å²) in [6.07, 6.45) is 7.41. The van der Waals surface area contributed by atoms with Crippen molar-refractivity contribution in [2.24, 2.45) is 7.05 Å². The van der Waals surface area contributed by atoms with Gasteiger partial charge in [0, 0.05) is 56.2 Å². The van der Waals surface area contributed by atoms with E-state index in [1.807, 2.05) is 49.4 Å². The van der Waals surface area contributed by atoms with Crippen LogP contribution in [0, 0.1) is 6.92 Å². The Morgan fingerprint density at radius 3 is 2.52 bits per heavy atom. The SMILES string of the molecule is C=Cc1ccnc(NCCN(C)C)c1.CNc1cc2cc(-c3cnn(C)c3C)ccc2cn1. The second-order valence-corrected chi connectivity index (χ2v) is 8.06. The number of hydrogen-bond acceptors (Lipinski definition) is 6. The standard InChI is InChI=1S/C15H16N4.C11H17N3/c1-10-14(9-18-19(10)3)11-4-5-12-8-17-15(16-2)7-13(12)6-11;1-4-10-5-6-12-11(9-10)13-7-8-14(2)3/h4-9H,1-3H3,(H,16,17);4-6,9H,1,7-8H2,2-3H3,(H,12,13). The third-order valence-corrected chi connectivity index (χ3v) is 5.41. The Hall–Kier alpha value is -3.71. The molecular weight excluding hydrogens is 410 g/mol. The average Bonchev–Trinajstić information content (AvgIpc) is 3.16. The molecule has 0 aliphatic rings. The minimum atomic E-state index is 0.882. The Morgan fingerprint density at radius 2 is 1.85 bits per heavy atom. The van der Waals surface area contributed by atoms with Crippen molar-refractivity contribution >= 4 is 28.5 Å². The van der Waals surface area contributed by atoms with Crippen LogP contribution in [0.2, 0.25) is 0 Å². The van der Waals surface area contributed by atoms with Crippen molar-refractivity contribution in [1.82, 2.24) is 24.6 Å². The number of nitrogens with one attached hydrogen (secondary N) is 2. The molecular formula is C26H33N7. The lowest BCUT2D eigenvalue weighted by Crippen LogP contribution is -2.21. The Bertz CT molecular complexity index is 1210. The summed E-state index contributed by atoms with van der Waals surface area (Å²) in [7, 11) is 7.94. The van der Waals surface area contributed by atoms with E-state index >= 15 is 0 Å². The van der Waals surface area contributed by atoms with E-state index in [0.29, 0.717) is 0 Å². The molecule has 33 heavy (non-hydrogen) atoms. The van der Waals surface area contributed by atoms with Gasteiger partial charge in [-0.2, -0.15) is 5.10 Å². The van der Waals surface area contributed by atoms with Crippen LogP contribution in [-0.2, 0) is 7.05 Å². The van der Waals surface area contributed by atoms with Crippen molar-refractivity contribution in [1.29, 1.82) is 0 Å². The maximum Gasteiger partial charge on any atom is 0.126 e. The van der Waals surface area contributed by atoms with Crippen LogP contribution in [0.4, 0.5) is 11.6 Å². The number of nitrogens with zero attached hydrogens (tertiary/aromatic N) is 5. The Kier molecular flexibility index (Phi) is 8.16. The summed E-state index contributed by atoms with van der Waals surface area (Å²) in [6.45, 7) is 7.70. The van der Waals surface area contributed by atoms with Gasteiger partial charge in [0.25, 0.3) is 0 Å². The van der Waals surface area contributed by atoms with Crippen molar-refractivity contribution < 1.29 is 0 Å². The topological polar surface area (TPSA) is 70.9 Å². The van der Waals surface area contributed by atoms with E-state index in [1.165, 1.54) is 22.2 Å². The fourth-order valence-corrected chi connectivity index (χ4v) is 3.31. The number of hydrogen-bond donors (Lipinski definition) is 2. The molecule has 0 fully saturated rings. The summed E-state index contributed by atoms with van der Waals surface area (Å²) < 4.78 is 1.89. The molecule has 0 spiro atoms. The Balaban J connectivity index is 0.000000196. The fourth-order valence-electron chi connectivity index (χ4n) is 3.31. The van der Waals surface area contributed by atoms with Crippen molar-refractivity contribution in [3.8, 4) is 11.1 Å². The summed E-state index contributed by atoms with van der Waals surface area (Å²) in [5, 5.41) is 12.9. The first-order chi connectivity index (χ1) is 15.9. The van der Waals surface area contributed by atoms with Gasteiger partial charge in [0.15, 0.2) is 0 Å². The lowest BCUT2D eigenvalue weighted by molar-refractivity contribution is 0.425. The molecule has 0 unspecified atom stereocenters. The minimum Gasteiger partial charge on any atom is -0.373 e. The van der Waals surface area contributed by atoms with Crippen LogP contribution in [0.25, 0.3) is 28.0 Å². The Morgan fingerprint density at radius 1 is 1.03 bits per heavy atom. The number of aromatic nitrogens is 4. The number of aryl methyl sites for hydroxylation is 1. The molecule has 4 rings (SSSR count). The number of fused-ring (bicyclic) bond motifs is 1. The summed E-state index contributed by atoms with van der Waals surface area (Å²) >= 11 is 0. The quantitative estimate of drug-likeness (QED) is 0.432. The molecule has 0 aliphatic carbocycles. The molecule has 7 heteroatoms. The third kappa shape index (κ3) is 6.40. The van der Waals surface area contributed by atoms with Gasteiger partial charge in [-0.25, -0.2) is 9.97 Å². The van der Waals surface area contributed by atoms with Gasteiger partial charge in [-0.15, -0.1) is 0 Å². The van der Waals surface area contributed by atoms with Crippen LogP contribution in [0.15, 0.2) is 61.6 Å². The first-order valence-corrected chi connectivity index (χ1v) is 10.9. The smallest absolute Gasteiger partial charge is 0.126 e. The zero-order chi connectivity index (χ0) is 23.8. The van der Waals surface area contributed by atoms with Crippen LogP contribution >= 0.6 is 0 Å². The van der Waals surface area contributed by atoms with Crippen molar-refractivity contribution in [3.05, 3.63) is 72.8 Å². The highest BCUT2D eigenvalue weighted by Crippen LogP contribution is 2.27. The molecule has 172 valence electrons. The lowest BCUT2D eigenvalue weighted by atomic mass is 10.0. The van der Waals surface area contributed by atoms with E-state index in [1.54, 1.807) is 6.20 Å². The van der Waals surface area contributed by atoms with Crippen LogP contribution in [0.3, 0.4) is 0 Å². The Labute approximate surface area is 196 Å². The summed E-state index contributed by atoms with van der Waals surface area (Å²) in [5.41, 5.74) is 4.62. The normalized spacial score (nSPS) is 10.6. The molecule has 4 aromatic rings. The molecule has 0 bridgehead atoms. The highest BCUT2D eigenvalue weighted by Gasteiger charge is 2.07. The van der Waals surface area contributed by atoms with Gasteiger partial charge < -0.3 is 15.5 Å². The van der Waals surface area contributed by atoms with Gasteiger partial charge in [-0.3, -0.25) is 4.68 Å². The van der Waals surface area contributed by atoms with E-state index in [-0.39, 0.29) is 0 Å². The molecule has 1 aromatic carbocycles. The number of benzene rings is 1. The molecule has 3 aromatic heterocycles. The summed E-state index contributed by atoms with van der Waals surface area (Å²) in [6, 6.07) is 12.4. The molecule has 2 N–H and O–H groups in total. The lowest BCUT2D eigenvalue weighted by Gasteiger charge is -2.10. The molecule has 3 heterocycles. The molecule has 0 amide bonds. The minimum absolute atomic E-state index is 0.882. The molecule has 7 nitrogen and oxygen atoms in total. The number of rotatable bonds is 7. The molecule has 0 aliphatic heterocycles.